The van der Waals surface area contributed by atoms with Crippen molar-refractivity contribution >= 4 is 0 Å². The summed E-state index contributed by atoms with van der Waals surface area (Å²) >= 11 is 0. The molecule has 2 aromatic rings. The van der Waals surface area contributed by atoms with Crippen LogP contribution in [0.5, 0.6) is 0 Å². The fourth-order valence-electron chi connectivity index (χ4n) is 4.60. The molecule has 0 radical (unpaired) electrons. The highest BCUT2D eigenvalue weighted by Crippen LogP contribution is 2.46. The topological polar surface area (TPSA) is 20.2 Å². The van der Waals surface area contributed by atoms with Gasteiger partial charge in [0, 0.05) is 11.1 Å². The molecule has 3 heteroatoms. The van der Waals surface area contributed by atoms with Crippen molar-refractivity contribution in [1.82, 2.24) is 0 Å². The van der Waals surface area contributed by atoms with Crippen LogP contribution < -0.4 is 17.0 Å². The van der Waals surface area contributed by atoms with E-state index in [1.54, 1.807) is 0 Å². The van der Waals surface area contributed by atoms with Crippen LogP contribution in [0.2, 0.25) is 0 Å². The van der Waals surface area contributed by atoms with E-state index in [1.165, 1.54) is 19.3 Å². The molecule has 0 saturated carbocycles. The molecule has 1 N–H and O–H groups in total. The molecular weight excluding hydrogens is 350 g/mol. The predicted molar refractivity (Wildman–Crippen MR) is 88.1 cm³/mol. The zero-order valence-corrected chi connectivity index (χ0v) is 15.0. The number of hydrogen-bond donors (Lipinski definition) is 1. The van der Waals surface area contributed by atoms with Crippen molar-refractivity contribution in [2.24, 2.45) is 5.92 Å². The first-order valence-electron chi connectivity index (χ1n) is 8.44. The SMILES string of the molecule is OC(c1ccccc1)(c1ccccc1)[N+]12CCC(CC1)CC2.[Br-]. The number of benzene rings is 2. The Kier molecular flexibility index (Phi) is 4.63. The van der Waals surface area contributed by atoms with Crippen LogP contribution in [0.1, 0.15) is 30.4 Å². The molecule has 2 bridgehead atoms. The Morgan fingerprint density at radius 1 is 0.739 bits per heavy atom. The lowest BCUT2D eigenvalue weighted by atomic mass is 9.79. The number of piperidine rings is 3. The van der Waals surface area contributed by atoms with Crippen LogP contribution in [-0.4, -0.2) is 29.2 Å². The van der Waals surface area contributed by atoms with E-state index in [9.17, 15) is 5.11 Å². The first-order chi connectivity index (χ1) is 10.7. The molecule has 3 heterocycles. The molecule has 0 aromatic heterocycles. The predicted octanol–water partition coefficient (Wildman–Crippen LogP) is 0.514. The van der Waals surface area contributed by atoms with E-state index < -0.39 is 5.72 Å². The normalized spacial score (nSPS) is 26.6. The van der Waals surface area contributed by atoms with Crippen LogP contribution >= 0.6 is 0 Å². The van der Waals surface area contributed by atoms with Gasteiger partial charge in [-0.2, -0.15) is 0 Å². The Morgan fingerprint density at radius 2 is 1.13 bits per heavy atom. The van der Waals surface area contributed by atoms with Gasteiger partial charge in [-0.05, 0) is 49.4 Å². The van der Waals surface area contributed by atoms with E-state index in [0.29, 0.717) is 0 Å². The summed E-state index contributed by atoms with van der Waals surface area (Å²) in [5.74, 6) is 0.885. The standard InChI is InChI=1S/C20H24NO.BrH/c22-20(18-7-3-1-4-8-18,19-9-5-2-6-10-19)21-14-11-17(12-15-21)13-16-21;/h1-10,17,22H,11-16H2;1H/q+1;/p-1. The van der Waals surface area contributed by atoms with E-state index in [2.05, 4.69) is 24.3 Å². The third kappa shape index (κ3) is 2.55. The third-order valence-electron chi connectivity index (χ3n) is 5.94. The molecule has 0 atom stereocenters. The van der Waals surface area contributed by atoms with Crippen molar-refractivity contribution in [1.29, 1.82) is 0 Å². The summed E-state index contributed by atoms with van der Waals surface area (Å²) in [4.78, 5) is 0. The summed E-state index contributed by atoms with van der Waals surface area (Å²) < 4.78 is 0.803. The average Bonchev–Trinajstić information content (AvgIpc) is 2.64. The van der Waals surface area contributed by atoms with Gasteiger partial charge in [0.2, 0.25) is 0 Å². The maximum absolute atomic E-state index is 12.0. The van der Waals surface area contributed by atoms with Crippen molar-refractivity contribution in [2.45, 2.75) is 25.0 Å². The zero-order chi connectivity index (χ0) is 15.0. The van der Waals surface area contributed by atoms with Crippen molar-refractivity contribution < 1.29 is 26.6 Å². The smallest absolute Gasteiger partial charge is 0.254 e. The molecule has 122 valence electrons. The minimum Gasteiger partial charge on any atom is -1.00 e. The number of nitrogens with zero attached hydrogens (tertiary/aromatic N) is 1. The highest BCUT2D eigenvalue weighted by atomic mass is 79.9. The summed E-state index contributed by atoms with van der Waals surface area (Å²) in [6, 6.07) is 20.5. The molecule has 0 aliphatic carbocycles. The number of rotatable bonds is 3. The second kappa shape index (κ2) is 6.39. The van der Waals surface area contributed by atoms with Crippen molar-refractivity contribution in [3.63, 3.8) is 0 Å². The Hall–Kier alpha value is -1.16. The molecule has 3 saturated heterocycles. The van der Waals surface area contributed by atoms with E-state index in [4.69, 9.17) is 0 Å². The van der Waals surface area contributed by atoms with Gasteiger partial charge in [0.05, 0.1) is 19.6 Å². The van der Waals surface area contributed by atoms with Gasteiger partial charge in [-0.1, -0.05) is 36.4 Å². The van der Waals surface area contributed by atoms with Crippen molar-refractivity contribution in [3.8, 4) is 0 Å². The maximum atomic E-state index is 12.0. The fraction of sp³-hybridized carbons (Fsp3) is 0.400. The summed E-state index contributed by atoms with van der Waals surface area (Å²) in [5.41, 5.74) is 1.14. The van der Waals surface area contributed by atoms with Crippen LogP contribution in [0.15, 0.2) is 60.7 Å². The van der Waals surface area contributed by atoms with Crippen LogP contribution in [0, 0.1) is 5.92 Å². The van der Waals surface area contributed by atoms with Crippen LogP contribution in [0.4, 0.5) is 0 Å². The van der Waals surface area contributed by atoms with E-state index in [0.717, 1.165) is 41.2 Å². The molecule has 2 aromatic carbocycles. The second-order valence-corrected chi connectivity index (χ2v) is 6.95. The third-order valence-corrected chi connectivity index (χ3v) is 5.94. The molecule has 3 fully saturated rings. The Morgan fingerprint density at radius 3 is 1.52 bits per heavy atom. The van der Waals surface area contributed by atoms with Gasteiger partial charge in [-0.15, -0.1) is 0 Å². The van der Waals surface area contributed by atoms with E-state index in [1.807, 2.05) is 36.4 Å². The molecule has 3 aliphatic heterocycles. The van der Waals surface area contributed by atoms with Crippen LogP contribution in [0.3, 0.4) is 0 Å². The van der Waals surface area contributed by atoms with Crippen LogP contribution in [0.25, 0.3) is 0 Å². The number of aliphatic hydroxyl groups is 1. The van der Waals surface area contributed by atoms with Crippen molar-refractivity contribution in [3.05, 3.63) is 71.8 Å². The highest BCUT2D eigenvalue weighted by Gasteiger charge is 2.56. The molecule has 5 rings (SSSR count). The van der Waals surface area contributed by atoms with Crippen LogP contribution in [-0.2, 0) is 5.72 Å². The van der Waals surface area contributed by atoms with Gasteiger partial charge in [-0.3, -0.25) is 4.48 Å². The molecule has 23 heavy (non-hydrogen) atoms. The average molecular weight is 374 g/mol. The summed E-state index contributed by atoms with van der Waals surface area (Å²) in [6.45, 7) is 3.26. The monoisotopic (exact) mass is 373 g/mol. The minimum atomic E-state index is -0.923. The number of halogens is 1. The Labute approximate surface area is 149 Å². The highest BCUT2D eigenvalue weighted by molar-refractivity contribution is 5.33. The van der Waals surface area contributed by atoms with E-state index >= 15 is 0 Å². The van der Waals surface area contributed by atoms with Crippen molar-refractivity contribution in [2.75, 3.05) is 19.6 Å². The Bertz CT molecular complexity index is 582. The van der Waals surface area contributed by atoms with Gasteiger partial charge in [0.1, 0.15) is 0 Å². The van der Waals surface area contributed by atoms with E-state index in [-0.39, 0.29) is 17.0 Å². The summed E-state index contributed by atoms with van der Waals surface area (Å²) in [6.07, 6.45) is 3.76. The first kappa shape index (κ1) is 16.7. The quantitative estimate of drug-likeness (QED) is 0.777. The molecule has 3 aliphatic rings. The Balaban J connectivity index is 0.00000156. The fourth-order valence-corrected chi connectivity index (χ4v) is 4.60. The van der Waals surface area contributed by atoms with Gasteiger partial charge in [0.15, 0.2) is 0 Å². The van der Waals surface area contributed by atoms with Gasteiger partial charge < -0.3 is 22.1 Å². The van der Waals surface area contributed by atoms with Gasteiger partial charge in [0.25, 0.3) is 5.72 Å². The first-order valence-corrected chi connectivity index (χ1v) is 8.44. The lowest BCUT2D eigenvalue weighted by molar-refractivity contribution is -1.01. The lowest BCUT2D eigenvalue weighted by Gasteiger charge is -2.57. The minimum absolute atomic E-state index is 0. The lowest BCUT2D eigenvalue weighted by Crippen LogP contribution is -3.00. The van der Waals surface area contributed by atoms with Gasteiger partial charge in [-0.25, -0.2) is 0 Å². The zero-order valence-electron chi connectivity index (χ0n) is 13.4. The largest absolute Gasteiger partial charge is 1.00 e. The summed E-state index contributed by atoms with van der Waals surface area (Å²) in [7, 11) is 0. The molecule has 0 unspecified atom stereocenters. The number of fused-ring (bicyclic) bond motifs is 3. The number of hydrogen-bond acceptors (Lipinski definition) is 1. The molecule has 2 nitrogen and oxygen atoms in total. The molecular formula is C20H24BrNO. The second-order valence-electron chi connectivity index (χ2n) is 6.95. The van der Waals surface area contributed by atoms with Gasteiger partial charge >= 0.3 is 0 Å². The number of quaternary nitrogens is 1. The molecule has 0 amide bonds. The summed E-state index contributed by atoms with van der Waals surface area (Å²) in [5, 5.41) is 12.0. The maximum Gasteiger partial charge on any atom is 0.254 e. The molecule has 0 spiro atoms.